The van der Waals surface area contributed by atoms with Crippen LogP contribution in [0.3, 0.4) is 0 Å². The van der Waals surface area contributed by atoms with Gasteiger partial charge in [-0.15, -0.1) is 0 Å². The predicted octanol–water partition coefficient (Wildman–Crippen LogP) is 0.173. The minimum atomic E-state index is -1.41. The number of ether oxygens (including phenoxy) is 1. The van der Waals surface area contributed by atoms with Gasteiger partial charge in [0, 0.05) is 46.0 Å². The molecule has 4 rings (SSSR count). The normalized spacial score (nSPS) is 17.8. The molecule has 1 aliphatic carbocycles. The number of benzene rings is 1. The molecule has 22 heteroatoms. The number of likely N-dealkylation sites (tertiary alicyclic amines) is 1. The Morgan fingerprint density at radius 3 is 2.15 bits per heavy atom. The van der Waals surface area contributed by atoms with Crippen LogP contribution in [0.5, 0.6) is 0 Å². The summed E-state index contributed by atoms with van der Waals surface area (Å²) in [7, 11) is 3.05. The molecule has 2 aliphatic rings. The van der Waals surface area contributed by atoms with Crippen molar-refractivity contribution in [3.63, 3.8) is 0 Å². The highest BCUT2D eigenvalue weighted by molar-refractivity contribution is 6.38. The van der Waals surface area contributed by atoms with Crippen molar-refractivity contribution in [2.24, 2.45) is 17.6 Å². The van der Waals surface area contributed by atoms with E-state index in [1.807, 2.05) is 0 Å². The van der Waals surface area contributed by atoms with Crippen LogP contribution in [0.1, 0.15) is 108 Å². The summed E-state index contributed by atoms with van der Waals surface area (Å²) in [4.78, 5) is 144. The van der Waals surface area contributed by atoms with Crippen LogP contribution in [-0.2, 0) is 43.1 Å². The van der Waals surface area contributed by atoms with Gasteiger partial charge in [0.15, 0.2) is 0 Å². The van der Waals surface area contributed by atoms with Crippen LogP contribution in [0.2, 0.25) is 0 Å². The van der Waals surface area contributed by atoms with Crippen LogP contribution >= 0.6 is 0 Å². The highest BCUT2D eigenvalue weighted by Crippen LogP contribution is 2.27. The van der Waals surface area contributed by atoms with Gasteiger partial charge in [-0.2, -0.15) is 0 Å². The number of nitrogens with zero attached hydrogens (tertiary/aromatic N) is 4. The van der Waals surface area contributed by atoms with Crippen LogP contribution < -0.4 is 37.6 Å². The van der Waals surface area contributed by atoms with Gasteiger partial charge >= 0.3 is 6.09 Å². The van der Waals surface area contributed by atoms with E-state index in [2.05, 4.69) is 41.9 Å². The lowest BCUT2D eigenvalue weighted by Crippen LogP contribution is -2.58. The van der Waals surface area contributed by atoms with Crippen molar-refractivity contribution in [3.05, 3.63) is 60.2 Å². The number of ketones is 1. The van der Waals surface area contributed by atoms with Gasteiger partial charge in [0.25, 0.3) is 11.8 Å². The highest BCUT2D eigenvalue weighted by Gasteiger charge is 2.44. The van der Waals surface area contributed by atoms with Gasteiger partial charge in [-0.1, -0.05) is 62.9 Å². The second-order valence-electron chi connectivity index (χ2n) is 18.2. The topological polar surface area (TPSA) is 310 Å². The molecule has 2 fully saturated rings. The number of nitrogens with one attached hydrogen (secondary N) is 6. The minimum absolute atomic E-state index is 0.00605. The number of hydrogen-bond donors (Lipinski definition) is 7. The Morgan fingerprint density at radius 2 is 1.54 bits per heavy atom. The van der Waals surface area contributed by atoms with E-state index in [9.17, 15) is 47.9 Å². The maximum atomic E-state index is 14.2. The summed E-state index contributed by atoms with van der Waals surface area (Å²) < 4.78 is 5.56. The molecule has 1 aromatic carbocycles. The lowest BCUT2D eigenvalue weighted by molar-refractivity contribution is -0.141. The highest BCUT2D eigenvalue weighted by atomic mass is 16.6. The summed E-state index contributed by atoms with van der Waals surface area (Å²) in [6, 6.07) is 2.32. The Balaban J connectivity index is 1.52. The maximum Gasteiger partial charge on any atom is 0.410 e. The van der Waals surface area contributed by atoms with Crippen LogP contribution in [0, 0.1) is 11.8 Å². The third kappa shape index (κ3) is 16.1. The summed E-state index contributed by atoms with van der Waals surface area (Å²) in [5.74, 6) is -8.76. The zero-order chi connectivity index (χ0) is 50.1. The lowest BCUT2D eigenvalue weighted by Gasteiger charge is -2.31. The molecule has 0 radical (unpaired) electrons. The average molecular weight is 948 g/mol. The van der Waals surface area contributed by atoms with E-state index in [1.54, 1.807) is 58.0 Å². The fraction of sp³-hybridized carbons (Fsp3) is 0.565. The van der Waals surface area contributed by atoms with Gasteiger partial charge in [0.05, 0.1) is 30.7 Å². The van der Waals surface area contributed by atoms with E-state index in [0.717, 1.165) is 19.3 Å². The van der Waals surface area contributed by atoms with Gasteiger partial charge in [-0.3, -0.25) is 48.1 Å². The number of rotatable bonds is 21. The van der Waals surface area contributed by atoms with E-state index in [1.165, 1.54) is 42.5 Å². The van der Waals surface area contributed by atoms with Crippen LogP contribution in [0.4, 0.5) is 4.79 Å². The summed E-state index contributed by atoms with van der Waals surface area (Å²) in [6.45, 7) is 5.43. The number of amides is 9. The van der Waals surface area contributed by atoms with Gasteiger partial charge in [0.1, 0.15) is 29.4 Å². The quantitative estimate of drug-likeness (QED) is 0.0823. The van der Waals surface area contributed by atoms with E-state index in [-0.39, 0.29) is 44.0 Å². The standard InChI is InChI=1S/C46H65N11O11/c1-7-14-30(38(60)43(65)50-24-35(59)54-37(44(66)56(5)6)28-17-12-9-13-18-28)51-39(61)29-25-57(45(67)68-46(2,3)4)26-33(29)53-40(62)31(19-20-34(47)58)52-42(64)36(27-15-10-8-11-16-27)55-41(63)32-23-48-21-22-49-32/h9,12-13,17-18,21-23,27,29-31,33,36-37H,7-8,10-11,14-16,19-20,24-26H2,1-6H3,(H2,47,58)(H,50,65)(H,51,61)(H,52,64)(H,53,62)(H,54,59)(H,55,63)/t29-,30+,31?,33+,36+,37+/m1/s1. The van der Waals surface area contributed by atoms with Crippen molar-refractivity contribution in [3.8, 4) is 0 Å². The summed E-state index contributed by atoms with van der Waals surface area (Å²) >= 11 is 0. The van der Waals surface area contributed by atoms with Crippen molar-refractivity contribution >= 4 is 59.1 Å². The monoisotopic (exact) mass is 947 g/mol. The van der Waals surface area contributed by atoms with E-state index in [0.29, 0.717) is 24.8 Å². The van der Waals surface area contributed by atoms with Crippen molar-refractivity contribution in [2.45, 2.75) is 121 Å². The molecular weight excluding hydrogens is 883 g/mol. The Kier molecular flexibility index (Phi) is 19.9. The Bertz CT molecular complexity index is 2130. The minimum Gasteiger partial charge on any atom is -0.444 e. The average Bonchev–Trinajstić information content (AvgIpc) is 3.74. The zero-order valence-electron chi connectivity index (χ0n) is 39.5. The summed E-state index contributed by atoms with van der Waals surface area (Å²) in [5, 5.41) is 15.6. The molecule has 1 aromatic heterocycles. The number of nitrogens with two attached hydrogens (primary N) is 1. The van der Waals surface area contributed by atoms with Crippen molar-refractivity contribution in [1.29, 1.82) is 0 Å². The second-order valence-corrected chi connectivity index (χ2v) is 18.2. The van der Waals surface area contributed by atoms with Gasteiger partial charge in [0.2, 0.25) is 41.2 Å². The van der Waals surface area contributed by atoms with Gasteiger partial charge < -0.3 is 52.2 Å². The molecule has 2 aromatic rings. The van der Waals surface area contributed by atoms with Crippen LogP contribution in [-0.4, -0.2) is 142 Å². The number of hydrogen-bond acceptors (Lipinski definition) is 13. The molecule has 0 spiro atoms. The molecule has 6 atom stereocenters. The first-order valence-electron chi connectivity index (χ1n) is 22.8. The fourth-order valence-electron chi connectivity index (χ4n) is 7.93. The van der Waals surface area contributed by atoms with E-state index in [4.69, 9.17) is 10.5 Å². The van der Waals surface area contributed by atoms with E-state index >= 15 is 0 Å². The zero-order valence-corrected chi connectivity index (χ0v) is 39.5. The lowest BCUT2D eigenvalue weighted by atomic mass is 9.83. The molecule has 1 unspecified atom stereocenters. The fourth-order valence-corrected chi connectivity index (χ4v) is 7.93. The van der Waals surface area contributed by atoms with E-state index < -0.39 is 107 Å². The molecule has 22 nitrogen and oxygen atoms in total. The number of aromatic nitrogens is 2. The summed E-state index contributed by atoms with van der Waals surface area (Å²) in [6.07, 6.45) is 6.69. The molecule has 1 aliphatic heterocycles. The Morgan fingerprint density at radius 1 is 0.853 bits per heavy atom. The molecule has 1 saturated heterocycles. The second kappa shape index (κ2) is 25.2. The van der Waals surface area contributed by atoms with Crippen molar-refractivity contribution in [2.75, 3.05) is 33.7 Å². The molecular formula is C46H65N11O11. The van der Waals surface area contributed by atoms with Crippen molar-refractivity contribution in [1.82, 2.24) is 51.7 Å². The first-order chi connectivity index (χ1) is 32.2. The summed E-state index contributed by atoms with van der Waals surface area (Å²) in [5.41, 5.74) is 4.99. The van der Waals surface area contributed by atoms with Crippen molar-refractivity contribution < 1.29 is 52.7 Å². The van der Waals surface area contributed by atoms with Crippen LogP contribution in [0.25, 0.3) is 0 Å². The number of Topliss-reactive ketones (excluding diaryl/α,β-unsaturated/α-hetero) is 1. The maximum absolute atomic E-state index is 14.2. The van der Waals surface area contributed by atoms with Crippen LogP contribution in [0.15, 0.2) is 48.9 Å². The molecule has 8 N–H and O–H groups in total. The molecule has 68 heavy (non-hydrogen) atoms. The SMILES string of the molecule is CCC[C@H](NC(=O)[C@@H]1CN(C(=O)OC(C)(C)C)C[C@@H]1NC(=O)C(CCC(N)=O)NC(=O)[C@@H](NC(=O)c1cnccn1)C1CCCCC1)C(=O)C(=O)NCC(=O)N[C@H](C(=O)N(C)C)c1ccccc1. The Labute approximate surface area is 395 Å². The molecule has 9 amide bonds. The third-order valence-corrected chi connectivity index (χ3v) is 11.4. The number of primary amides is 1. The largest absolute Gasteiger partial charge is 0.444 e. The van der Waals surface area contributed by atoms with Gasteiger partial charge in [-0.25, -0.2) is 9.78 Å². The first-order valence-corrected chi connectivity index (χ1v) is 22.8. The predicted molar refractivity (Wildman–Crippen MR) is 244 cm³/mol. The molecule has 2 heterocycles. The molecule has 0 bridgehead atoms. The number of likely N-dealkylation sites (N-methyl/N-ethyl adjacent to an activating group) is 1. The third-order valence-electron chi connectivity index (χ3n) is 11.4. The number of carbonyl (C=O) groups is 10. The first kappa shape index (κ1) is 53.6. The smallest absolute Gasteiger partial charge is 0.410 e. The molecule has 370 valence electrons. The Hall–Kier alpha value is -7.00. The van der Waals surface area contributed by atoms with Gasteiger partial charge in [-0.05, 0) is 57.9 Å². The number of carbonyl (C=O) groups excluding carboxylic acids is 10. The molecule has 1 saturated carbocycles.